The number of nitrogens with two attached hydrogens (primary N) is 1. The molecule has 0 aliphatic rings. The Balaban J connectivity index is 2.53. The van der Waals surface area contributed by atoms with Crippen LogP contribution >= 0.6 is 27.7 Å². The molecule has 0 fully saturated rings. The molecule has 0 radical (unpaired) electrons. The second-order valence-corrected chi connectivity index (χ2v) is 4.53. The highest BCUT2D eigenvalue weighted by atomic mass is 79.9. The van der Waals surface area contributed by atoms with E-state index in [2.05, 4.69) is 32.8 Å². The van der Waals surface area contributed by atoms with Gasteiger partial charge in [-0.3, -0.25) is 0 Å². The van der Waals surface area contributed by atoms with Gasteiger partial charge in [0.05, 0.1) is 10.2 Å². The van der Waals surface area contributed by atoms with E-state index < -0.39 is 0 Å². The van der Waals surface area contributed by atoms with Crippen molar-refractivity contribution in [3.63, 3.8) is 0 Å². The summed E-state index contributed by atoms with van der Waals surface area (Å²) in [4.78, 5) is 8.30. The third kappa shape index (κ3) is 3.52. The predicted octanol–water partition coefficient (Wildman–Crippen LogP) is 2.46. The van der Waals surface area contributed by atoms with Gasteiger partial charge in [-0.25, -0.2) is 9.97 Å². The Morgan fingerprint density at radius 3 is 3.00 bits per heavy atom. The van der Waals surface area contributed by atoms with E-state index in [1.807, 2.05) is 11.8 Å². The van der Waals surface area contributed by atoms with Crippen LogP contribution in [0.4, 0.5) is 5.82 Å². The Hall–Kier alpha value is -0.290. The standard InChI is InChI=1S/C8H12BrN3S/c1-2-3-13-5-7-11-4-6(9)8(10)12-7/h4H,2-3,5H2,1H3,(H2,10,11,12). The summed E-state index contributed by atoms with van der Waals surface area (Å²) < 4.78 is 0.761. The number of nitrogens with zero attached hydrogens (tertiary/aromatic N) is 2. The number of anilines is 1. The molecule has 0 spiro atoms. The summed E-state index contributed by atoms with van der Waals surface area (Å²) in [5.41, 5.74) is 5.62. The van der Waals surface area contributed by atoms with Crippen molar-refractivity contribution in [1.29, 1.82) is 0 Å². The summed E-state index contributed by atoms with van der Waals surface area (Å²) in [6.45, 7) is 2.16. The Morgan fingerprint density at radius 1 is 1.62 bits per heavy atom. The molecule has 2 N–H and O–H groups in total. The molecule has 0 saturated carbocycles. The lowest BCUT2D eigenvalue weighted by molar-refractivity contribution is 1.03. The van der Waals surface area contributed by atoms with Crippen LogP contribution in [0.2, 0.25) is 0 Å². The maximum absolute atomic E-state index is 5.62. The molecule has 13 heavy (non-hydrogen) atoms. The Bertz CT molecular complexity index is 280. The van der Waals surface area contributed by atoms with Gasteiger partial charge in [0.2, 0.25) is 0 Å². The van der Waals surface area contributed by atoms with E-state index >= 15 is 0 Å². The van der Waals surface area contributed by atoms with Crippen molar-refractivity contribution >= 4 is 33.5 Å². The molecule has 1 aromatic heterocycles. The third-order valence-corrected chi connectivity index (χ3v) is 3.17. The van der Waals surface area contributed by atoms with Gasteiger partial charge in [0.15, 0.2) is 0 Å². The van der Waals surface area contributed by atoms with Crippen molar-refractivity contribution < 1.29 is 0 Å². The summed E-state index contributed by atoms with van der Waals surface area (Å²) >= 11 is 5.08. The van der Waals surface area contributed by atoms with Crippen molar-refractivity contribution in [2.45, 2.75) is 19.1 Å². The van der Waals surface area contributed by atoms with Crippen molar-refractivity contribution in [3.05, 3.63) is 16.5 Å². The quantitative estimate of drug-likeness (QED) is 0.847. The summed E-state index contributed by atoms with van der Waals surface area (Å²) in [7, 11) is 0. The van der Waals surface area contributed by atoms with Crippen LogP contribution in [0.5, 0.6) is 0 Å². The molecule has 0 aliphatic carbocycles. The molecule has 0 amide bonds. The first-order valence-electron chi connectivity index (χ1n) is 4.08. The van der Waals surface area contributed by atoms with Gasteiger partial charge in [-0.05, 0) is 28.1 Å². The normalized spacial score (nSPS) is 10.3. The van der Waals surface area contributed by atoms with Gasteiger partial charge >= 0.3 is 0 Å². The van der Waals surface area contributed by atoms with Crippen LogP contribution in [-0.4, -0.2) is 15.7 Å². The van der Waals surface area contributed by atoms with Crippen LogP contribution in [0, 0.1) is 0 Å². The molecule has 72 valence electrons. The molecule has 0 unspecified atom stereocenters. The lowest BCUT2D eigenvalue weighted by atomic mass is 10.5. The average Bonchev–Trinajstić information content (AvgIpc) is 2.12. The molecule has 1 aromatic rings. The van der Waals surface area contributed by atoms with E-state index in [1.165, 1.54) is 6.42 Å². The fraction of sp³-hybridized carbons (Fsp3) is 0.500. The molecular formula is C8H12BrN3S. The van der Waals surface area contributed by atoms with E-state index in [0.29, 0.717) is 5.82 Å². The van der Waals surface area contributed by atoms with Gasteiger partial charge < -0.3 is 5.73 Å². The second-order valence-electron chi connectivity index (χ2n) is 2.57. The zero-order chi connectivity index (χ0) is 9.68. The zero-order valence-electron chi connectivity index (χ0n) is 7.46. The molecule has 0 saturated heterocycles. The van der Waals surface area contributed by atoms with Crippen molar-refractivity contribution in [1.82, 2.24) is 9.97 Å². The maximum atomic E-state index is 5.62. The summed E-state index contributed by atoms with van der Waals surface area (Å²) in [5.74, 6) is 3.30. The number of hydrogen-bond donors (Lipinski definition) is 1. The number of aromatic nitrogens is 2. The molecule has 5 heteroatoms. The van der Waals surface area contributed by atoms with Crippen molar-refractivity contribution in [3.8, 4) is 0 Å². The number of nitrogen functional groups attached to an aromatic ring is 1. The SMILES string of the molecule is CCCSCc1ncc(Br)c(N)n1. The van der Waals surface area contributed by atoms with Gasteiger partial charge in [-0.15, -0.1) is 0 Å². The monoisotopic (exact) mass is 261 g/mol. The molecule has 3 nitrogen and oxygen atoms in total. The topological polar surface area (TPSA) is 51.8 Å². The summed E-state index contributed by atoms with van der Waals surface area (Å²) in [6.07, 6.45) is 2.88. The van der Waals surface area contributed by atoms with Gasteiger partial charge in [0.1, 0.15) is 11.6 Å². The minimum absolute atomic E-state index is 0.516. The predicted molar refractivity (Wildman–Crippen MR) is 60.6 cm³/mol. The summed E-state index contributed by atoms with van der Waals surface area (Å²) in [5, 5.41) is 0. The van der Waals surface area contributed by atoms with Crippen LogP contribution in [-0.2, 0) is 5.75 Å². The zero-order valence-corrected chi connectivity index (χ0v) is 9.86. The number of halogens is 1. The van der Waals surface area contributed by atoms with E-state index in [-0.39, 0.29) is 0 Å². The van der Waals surface area contributed by atoms with Gasteiger partial charge in [0, 0.05) is 6.20 Å². The van der Waals surface area contributed by atoms with Crippen molar-refractivity contribution in [2.24, 2.45) is 0 Å². The highest BCUT2D eigenvalue weighted by molar-refractivity contribution is 9.10. The van der Waals surface area contributed by atoms with Crippen LogP contribution in [0.25, 0.3) is 0 Å². The molecule has 0 bridgehead atoms. The molecule has 1 rings (SSSR count). The molecule has 0 aliphatic heterocycles. The second kappa shape index (κ2) is 5.44. The number of thioether (sulfide) groups is 1. The van der Waals surface area contributed by atoms with Gasteiger partial charge in [-0.2, -0.15) is 11.8 Å². The number of hydrogen-bond acceptors (Lipinski definition) is 4. The van der Waals surface area contributed by atoms with Crippen LogP contribution < -0.4 is 5.73 Å². The Kier molecular flexibility index (Phi) is 4.52. The Labute approximate surface area is 90.7 Å². The summed E-state index contributed by atoms with van der Waals surface area (Å²) in [6, 6.07) is 0. The van der Waals surface area contributed by atoms with Gasteiger partial charge in [-0.1, -0.05) is 6.92 Å². The highest BCUT2D eigenvalue weighted by Crippen LogP contribution is 2.17. The van der Waals surface area contributed by atoms with Crippen LogP contribution in [0.15, 0.2) is 10.7 Å². The van der Waals surface area contributed by atoms with E-state index in [4.69, 9.17) is 5.73 Å². The molecule has 0 aromatic carbocycles. The first-order valence-corrected chi connectivity index (χ1v) is 6.03. The fourth-order valence-corrected chi connectivity index (χ4v) is 1.74. The first kappa shape index (κ1) is 10.8. The smallest absolute Gasteiger partial charge is 0.141 e. The largest absolute Gasteiger partial charge is 0.383 e. The number of rotatable bonds is 4. The third-order valence-electron chi connectivity index (χ3n) is 1.40. The van der Waals surface area contributed by atoms with Crippen LogP contribution in [0.1, 0.15) is 19.2 Å². The van der Waals surface area contributed by atoms with Gasteiger partial charge in [0.25, 0.3) is 0 Å². The first-order chi connectivity index (χ1) is 6.24. The maximum Gasteiger partial charge on any atom is 0.141 e. The minimum Gasteiger partial charge on any atom is -0.383 e. The fourth-order valence-electron chi connectivity index (χ4n) is 0.796. The van der Waals surface area contributed by atoms with Crippen LogP contribution in [0.3, 0.4) is 0 Å². The van der Waals surface area contributed by atoms with E-state index in [9.17, 15) is 0 Å². The lowest BCUT2D eigenvalue weighted by Gasteiger charge is -2.01. The van der Waals surface area contributed by atoms with E-state index in [0.717, 1.165) is 21.8 Å². The lowest BCUT2D eigenvalue weighted by Crippen LogP contribution is -1.98. The average molecular weight is 262 g/mol. The van der Waals surface area contributed by atoms with Crippen molar-refractivity contribution in [2.75, 3.05) is 11.5 Å². The minimum atomic E-state index is 0.516. The molecule has 0 atom stereocenters. The molecular weight excluding hydrogens is 250 g/mol. The Morgan fingerprint density at radius 2 is 2.38 bits per heavy atom. The highest BCUT2D eigenvalue weighted by Gasteiger charge is 2.00. The van der Waals surface area contributed by atoms with E-state index in [1.54, 1.807) is 6.20 Å². The molecule has 1 heterocycles.